The molecule has 4 rings (SSSR count). The third-order valence-electron chi connectivity index (χ3n) is 5.07. The first kappa shape index (κ1) is 22.8. The molecule has 1 atom stereocenters. The zero-order chi connectivity index (χ0) is 23.6. The van der Waals surface area contributed by atoms with Gasteiger partial charge < -0.3 is 5.32 Å². The summed E-state index contributed by atoms with van der Waals surface area (Å²) >= 11 is 1.35. The summed E-state index contributed by atoms with van der Waals surface area (Å²) in [5.41, 5.74) is 1.49. The van der Waals surface area contributed by atoms with E-state index in [9.17, 15) is 27.2 Å². The Bertz CT molecular complexity index is 1160. The first-order chi connectivity index (χ1) is 15.7. The monoisotopic (exact) mass is 474 g/mol. The van der Waals surface area contributed by atoms with Crippen molar-refractivity contribution in [3.8, 4) is 0 Å². The first-order valence-electron chi connectivity index (χ1n) is 9.96. The normalized spacial score (nSPS) is 16.2. The van der Waals surface area contributed by atoms with Crippen molar-refractivity contribution < 1.29 is 27.2 Å². The van der Waals surface area contributed by atoms with E-state index < -0.39 is 17.1 Å². The van der Waals surface area contributed by atoms with Gasteiger partial charge in [0.25, 0.3) is 0 Å². The highest BCUT2D eigenvalue weighted by Gasteiger charge is 2.35. The lowest BCUT2D eigenvalue weighted by Crippen LogP contribution is -2.28. The molecule has 1 N–H and O–H groups in total. The molecule has 1 unspecified atom stereocenters. The zero-order valence-corrected chi connectivity index (χ0v) is 17.9. The summed E-state index contributed by atoms with van der Waals surface area (Å²) in [6, 6.07) is 17.1. The van der Waals surface area contributed by atoms with Crippen LogP contribution in [0.1, 0.15) is 22.1 Å². The minimum atomic E-state index is -4.46. The van der Waals surface area contributed by atoms with E-state index in [1.54, 1.807) is 24.3 Å². The van der Waals surface area contributed by atoms with Crippen LogP contribution in [0.3, 0.4) is 0 Å². The molecule has 170 valence electrons. The minimum Gasteiger partial charge on any atom is -0.326 e. The molecule has 1 aliphatic heterocycles. The molecular weight excluding hydrogens is 456 g/mol. The van der Waals surface area contributed by atoms with Crippen molar-refractivity contribution in [3.05, 3.63) is 95.3 Å². The second kappa shape index (κ2) is 9.27. The highest BCUT2D eigenvalue weighted by Crippen LogP contribution is 2.43. The fourth-order valence-electron chi connectivity index (χ4n) is 3.52. The predicted octanol–water partition coefficient (Wildman–Crippen LogP) is 5.80. The van der Waals surface area contributed by atoms with Crippen LogP contribution in [0.2, 0.25) is 0 Å². The molecule has 0 spiro atoms. The van der Waals surface area contributed by atoms with Gasteiger partial charge in [0.05, 0.1) is 17.7 Å². The van der Waals surface area contributed by atoms with E-state index in [1.807, 2.05) is 0 Å². The van der Waals surface area contributed by atoms with Crippen LogP contribution in [0.5, 0.6) is 0 Å². The molecule has 33 heavy (non-hydrogen) atoms. The molecule has 4 nitrogen and oxygen atoms in total. The van der Waals surface area contributed by atoms with Crippen LogP contribution in [0.15, 0.2) is 72.8 Å². The quantitative estimate of drug-likeness (QED) is 0.475. The van der Waals surface area contributed by atoms with E-state index in [2.05, 4.69) is 5.32 Å². The molecule has 0 aromatic heterocycles. The molecule has 0 aliphatic carbocycles. The third-order valence-corrected chi connectivity index (χ3v) is 6.29. The number of amides is 2. The Morgan fingerprint density at radius 1 is 1.03 bits per heavy atom. The molecule has 1 heterocycles. The van der Waals surface area contributed by atoms with Crippen molar-refractivity contribution >= 4 is 35.0 Å². The highest BCUT2D eigenvalue weighted by molar-refractivity contribution is 8.00. The van der Waals surface area contributed by atoms with E-state index in [0.29, 0.717) is 16.9 Å². The maximum Gasteiger partial charge on any atom is 0.416 e. The summed E-state index contributed by atoms with van der Waals surface area (Å²) in [5, 5.41) is 2.35. The fourth-order valence-corrected chi connectivity index (χ4v) is 4.69. The van der Waals surface area contributed by atoms with Gasteiger partial charge in [-0.1, -0.05) is 24.3 Å². The minimum absolute atomic E-state index is 0.0683. The Kier molecular flexibility index (Phi) is 6.42. The Hall–Kier alpha value is -3.33. The number of carbonyl (C=O) groups excluding carboxylic acids is 2. The molecule has 1 saturated heterocycles. The lowest BCUT2D eigenvalue weighted by atomic mass is 10.1. The number of carbonyl (C=O) groups is 2. The predicted molar refractivity (Wildman–Crippen MR) is 119 cm³/mol. The maximum atomic E-state index is 13.0. The standard InChI is InChI=1S/C24H18F4N2O2S/c25-18-8-4-15(5-9-18)12-21(31)29-19-3-1-2-16(13-19)23-30(22(32)14-33-23)20-10-6-17(7-11-20)24(26,27)28/h1-11,13,23H,12,14H2,(H,29,31). The van der Waals surface area contributed by atoms with E-state index in [4.69, 9.17) is 0 Å². The summed E-state index contributed by atoms with van der Waals surface area (Å²) in [6.07, 6.45) is -4.39. The average molecular weight is 474 g/mol. The molecule has 0 saturated carbocycles. The van der Waals surface area contributed by atoms with E-state index in [-0.39, 0.29) is 29.8 Å². The van der Waals surface area contributed by atoms with Crippen LogP contribution in [-0.2, 0) is 22.2 Å². The molecule has 0 radical (unpaired) electrons. The van der Waals surface area contributed by atoms with Gasteiger partial charge in [-0.3, -0.25) is 14.5 Å². The van der Waals surface area contributed by atoms with Gasteiger partial charge in [-0.25, -0.2) is 4.39 Å². The number of hydrogen-bond acceptors (Lipinski definition) is 3. The van der Waals surface area contributed by atoms with Gasteiger partial charge in [0.15, 0.2) is 0 Å². The van der Waals surface area contributed by atoms with Crippen molar-refractivity contribution in [1.29, 1.82) is 0 Å². The largest absolute Gasteiger partial charge is 0.416 e. The summed E-state index contributed by atoms with van der Waals surface area (Å²) < 4.78 is 51.7. The van der Waals surface area contributed by atoms with Crippen LogP contribution >= 0.6 is 11.8 Å². The van der Waals surface area contributed by atoms with Gasteiger partial charge in [-0.2, -0.15) is 13.2 Å². The Labute approximate surface area is 191 Å². The van der Waals surface area contributed by atoms with Crippen molar-refractivity contribution in [2.45, 2.75) is 18.0 Å². The molecule has 0 bridgehead atoms. The number of rotatable bonds is 5. The second-order valence-corrected chi connectivity index (χ2v) is 8.52. The van der Waals surface area contributed by atoms with E-state index in [1.165, 1.54) is 53.1 Å². The molecular formula is C24H18F4N2O2S. The molecule has 9 heteroatoms. The topological polar surface area (TPSA) is 49.4 Å². The van der Waals surface area contributed by atoms with Gasteiger partial charge in [0, 0.05) is 11.4 Å². The van der Waals surface area contributed by atoms with Crippen LogP contribution in [0, 0.1) is 5.82 Å². The number of benzene rings is 3. The number of nitrogens with one attached hydrogen (secondary N) is 1. The van der Waals surface area contributed by atoms with Crippen LogP contribution in [0.4, 0.5) is 28.9 Å². The molecule has 1 aliphatic rings. The average Bonchev–Trinajstić information content (AvgIpc) is 3.16. The smallest absolute Gasteiger partial charge is 0.326 e. The summed E-state index contributed by atoms with van der Waals surface area (Å²) in [4.78, 5) is 26.4. The molecule has 2 amide bonds. The van der Waals surface area contributed by atoms with Gasteiger partial charge in [-0.05, 0) is 59.7 Å². The van der Waals surface area contributed by atoms with Crippen LogP contribution < -0.4 is 10.2 Å². The van der Waals surface area contributed by atoms with E-state index >= 15 is 0 Å². The van der Waals surface area contributed by atoms with Gasteiger partial charge >= 0.3 is 6.18 Å². The Morgan fingerprint density at radius 2 is 1.73 bits per heavy atom. The SMILES string of the molecule is O=C(Cc1ccc(F)cc1)Nc1cccc(C2SCC(=O)N2c2ccc(C(F)(F)F)cc2)c1. The molecule has 3 aromatic carbocycles. The second-order valence-electron chi connectivity index (χ2n) is 7.45. The van der Waals surface area contributed by atoms with Crippen molar-refractivity contribution in [2.24, 2.45) is 0 Å². The number of halogens is 4. The Balaban J connectivity index is 1.51. The van der Waals surface area contributed by atoms with Crippen molar-refractivity contribution in [2.75, 3.05) is 16.0 Å². The number of nitrogens with zero attached hydrogens (tertiary/aromatic N) is 1. The lowest BCUT2D eigenvalue weighted by molar-refractivity contribution is -0.137. The van der Waals surface area contributed by atoms with Crippen LogP contribution in [-0.4, -0.2) is 17.6 Å². The highest BCUT2D eigenvalue weighted by atomic mass is 32.2. The van der Waals surface area contributed by atoms with Gasteiger partial charge in [0.1, 0.15) is 11.2 Å². The molecule has 1 fully saturated rings. The third kappa shape index (κ3) is 5.36. The zero-order valence-electron chi connectivity index (χ0n) is 17.1. The lowest BCUT2D eigenvalue weighted by Gasteiger charge is -2.25. The number of thioether (sulfide) groups is 1. The fraction of sp³-hybridized carbons (Fsp3) is 0.167. The summed E-state index contributed by atoms with van der Waals surface area (Å²) in [5.74, 6) is -0.690. The van der Waals surface area contributed by atoms with Gasteiger partial charge in [0.2, 0.25) is 11.8 Å². The number of alkyl halides is 3. The number of hydrogen-bond donors (Lipinski definition) is 1. The number of anilines is 2. The van der Waals surface area contributed by atoms with Gasteiger partial charge in [-0.15, -0.1) is 11.8 Å². The molecule has 3 aromatic rings. The summed E-state index contributed by atoms with van der Waals surface area (Å²) in [6.45, 7) is 0. The Morgan fingerprint density at radius 3 is 2.39 bits per heavy atom. The van der Waals surface area contributed by atoms with Crippen molar-refractivity contribution in [1.82, 2.24) is 0 Å². The summed E-state index contributed by atoms with van der Waals surface area (Å²) in [7, 11) is 0. The van der Waals surface area contributed by atoms with Crippen LogP contribution in [0.25, 0.3) is 0 Å². The first-order valence-corrected chi connectivity index (χ1v) is 11.0. The maximum absolute atomic E-state index is 13.0. The van der Waals surface area contributed by atoms with E-state index in [0.717, 1.165) is 17.7 Å². The van der Waals surface area contributed by atoms with Crippen molar-refractivity contribution in [3.63, 3.8) is 0 Å².